The Morgan fingerprint density at radius 2 is 2.14 bits per heavy atom. The number of nitrogens with one attached hydrogen (secondary N) is 3. The highest BCUT2D eigenvalue weighted by atomic mass is 16.3. The number of rotatable bonds is 1. The second-order valence-electron chi connectivity index (χ2n) is 7.35. The van der Waals surface area contributed by atoms with E-state index >= 15 is 0 Å². The first-order chi connectivity index (χ1) is 13.6. The molecular formula is C21H21N5O2. The van der Waals surface area contributed by atoms with E-state index < -0.39 is 0 Å². The highest BCUT2D eigenvalue weighted by Crippen LogP contribution is 2.34. The molecule has 1 aromatic carbocycles. The Kier molecular flexibility index (Phi) is 3.91. The molecule has 0 aliphatic carbocycles. The van der Waals surface area contributed by atoms with Gasteiger partial charge in [0.1, 0.15) is 11.3 Å². The number of nitrogens with zero attached hydrogens (tertiary/aromatic N) is 2. The number of carbonyl (C=O) groups excluding carboxylic acids is 1. The quantitative estimate of drug-likeness (QED) is 0.490. The van der Waals surface area contributed by atoms with Crippen LogP contribution in [0.5, 0.6) is 0 Å². The van der Waals surface area contributed by atoms with Gasteiger partial charge in [-0.1, -0.05) is 24.3 Å². The molecule has 2 unspecified atom stereocenters. The number of benzene rings is 1. The Morgan fingerprint density at radius 3 is 3.00 bits per heavy atom. The van der Waals surface area contributed by atoms with Gasteiger partial charge in [0.05, 0.1) is 29.4 Å². The molecule has 0 fully saturated rings. The number of aliphatic hydroxyl groups excluding tert-OH is 1. The number of aromatic nitrogens is 3. The maximum absolute atomic E-state index is 12.4. The van der Waals surface area contributed by atoms with E-state index in [2.05, 4.69) is 15.6 Å². The van der Waals surface area contributed by atoms with Crippen LogP contribution in [-0.2, 0) is 0 Å². The average Bonchev–Trinajstić information content (AvgIpc) is 3.14. The van der Waals surface area contributed by atoms with E-state index in [1.807, 2.05) is 43.3 Å². The van der Waals surface area contributed by atoms with E-state index in [0.29, 0.717) is 17.9 Å². The predicted molar refractivity (Wildman–Crippen MR) is 107 cm³/mol. The fourth-order valence-electron chi connectivity index (χ4n) is 4.00. The monoisotopic (exact) mass is 375 g/mol. The lowest BCUT2D eigenvalue weighted by atomic mass is 9.94. The third-order valence-corrected chi connectivity index (χ3v) is 5.48. The van der Waals surface area contributed by atoms with E-state index in [1.54, 1.807) is 0 Å². The summed E-state index contributed by atoms with van der Waals surface area (Å²) in [5.41, 5.74) is 5.73. The molecule has 28 heavy (non-hydrogen) atoms. The Balaban J connectivity index is 1.78. The molecule has 2 atom stereocenters. The van der Waals surface area contributed by atoms with Crippen LogP contribution in [0.1, 0.15) is 34.1 Å². The molecule has 2 aromatic heterocycles. The third kappa shape index (κ3) is 2.66. The summed E-state index contributed by atoms with van der Waals surface area (Å²) in [7, 11) is 0. The van der Waals surface area contributed by atoms with Gasteiger partial charge in [0.2, 0.25) is 0 Å². The zero-order valence-corrected chi connectivity index (χ0v) is 15.5. The maximum atomic E-state index is 12.4. The topological polar surface area (TPSA) is 103 Å². The van der Waals surface area contributed by atoms with Crippen molar-refractivity contribution >= 4 is 22.8 Å². The normalized spacial score (nSPS) is 20.9. The number of para-hydroxylation sites is 1. The summed E-state index contributed by atoms with van der Waals surface area (Å²) >= 11 is 0. The second kappa shape index (κ2) is 6.45. The van der Waals surface area contributed by atoms with Crippen molar-refractivity contribution in [3.05, 3.63) is 53.4 Å². The Morgan fingerprint density at radius 1 is 1.25 bits per heavy atom. The molecule has 7 nitrogen and oxygen atoms in total. The Labute approximate surface area is 161 Å². The van der Waals surface area contributed by atoms with Gasteiger partial charge in [-0.15, -0.1) is 0 Å². The number of allylic oxidation sites excluding steroid dienone is 1. The lowest BCUT2D eigenvalue weighted by molar-refractivity contribution is 0.0940. The Bertz CT molecular complexity index is 1120. The van der Waals surface area contributed by atoms with Crippen molar-refractivity contribution in [2.75, 3.05) is 18.5 Å². The molecular weight excluding hydrogens is 354 g/mol. The summed E-state index contributed by atoms with van der Waals surface area (Å²) < 4.78 is 0. The van der Waals surface area contributed by atoms with E-state index in [0.717, 1.165) is 40.1 Å². The van der Waals surface area contributed by atoms with Gasteiger partial charge in [0, 0.05) is 29.4 Å². The summed E-state index contributed by atoms with van der Waals surface area (Å²) in [5.74, 6) is 0.756. The zero-order chi connectivity index (χ0) is 19.3. The highest BCUT2D eigenvalue weighted by molar-refractivity contribution is 6.00. The molecule has 1 amide bonds. The molecule has 5 rings (SSSR count). The van der Waals surface area contributed by atoms with Crippen LogP contribution in [0.2, 0.25) is 0 Å². The summed E-state index contributed by atoms with van der Waals surface area (Å²) in [6, 6.07) is 7.53. The van der Waals surface area contributed by atoms with Crippen LogP contribution in [0, 0.1) is 6.92 Å². The van der Waals surface area contributed by atoms with E-state index in [-0.39, 0.29) is 24.5 Å². The smallest absolute Gasteiger partial charge is 0.253 e. The number of fused-ring (bicyclic) bond motifs is 3. The lowest BCUT2D eigenvalue weighted by Crippen LogP contribution is -2.34. The summed E-state index contributed by atoms with van der Waals surface area (Å²) in [5, 5.41) is 16.1. The molecule has 0 saturated carbocycles. The molecule has 0 radical (unpaired) electrons. The number of anilines is 1. The number of hydrogen-bond donors (Lipinski definition) is 4. The molecule has 0 spiro atoms. The van der Waals surface area contributed by atoms with Crippen molar-refractivity contribution in [3.63, 3.8) is 0 Å². The molecule has 0 saturated heterocycles. The lowest BCUT2D eigenvalue weighted by Gasteiger charge is -2.22. The molecule has 2 aliphatic heterocycles. The van der Waals surface area contributed by atoms with Gasteiger partial charge < -0.3 is 20.7 Å². The van der Waals surface area contributed by atoms with Crippen molar-refractivity contribution in [2.24, 2.45) is 0 Å². The molecule has 4 bridgehead atoms. The number of aromatic amines is 1. The van der Waals surface area contributed by atoms with Gasteiger partial charge in [-0.25, -0.2) is 9.97 Å². The number of aryl methyl sites for hydroxylation is 1. The van der Waals surface area contributed by atoms with Crippen molar-refractivity contribution < 1.29 is 9.90 Å². The maximum Gasteiger partial charge on any atom is 0.253 e. The Hall–Kier alpha value is -3.19. The number of aliphatic hydroxyl groups is 1. The third-order valence-electron chi connectivity index (χ3n) is 5.48. The van der Waals surface area contributed by atoms with Crippen LogP contribution in [0.4, 0.5) is 5.82 Å². The van der Waals surface area contributed by atoms with Crippen LogP contribution in [0.3, 0.4) is 0 Å². The largest absolute Gasteiger partial charge is 0.394 e. The summed E-state index contributed by atoms with van der Waals surface area (Å²) in [6.45, 7) is 2.45. The fourth-order valence-corrected chi connectivity index (χ4v) is 4.00. The van der Waals surface area contributed by atoms with E-state index in [1.165, 1.54) is 0 Å². The van der Waals surface area contributed by atoms with Crippen molar-refractivity contribution in [3.8, 4) is 11.3 Å². The highest BCUT2D eigenvalue weighted by Gasteiger charge is 2.28. The van der Waals surface area contributed by atoms with Crippen molar-refractivity contribution in [2.45, 2.75) is 25.3 Å². The first kappa shape index (κ1) is 16.9. The molecule has 2 aliphatic rings. The minimum Gasteiger partial charge on any atom is -0.394 e. The van der Waals surface area contributed by atoms with Gasteiger partial charge in [0.15, 0.2) is 0 Å². The number of carbonyl (C=O) groups is 1. The van der Waals surface area contributed by atoms with Gasteiger partial charge in [0.25, 0.3) is 5.91 Å². The molecule has 3 aromatic rings. The fraction of sp³-hybridized carbons (Fsp3) is 0.286. The van der Waals surface area contributed by atoms with Gasteiger partial charge in [-0.3, -0.25) is 4.79 Å². The van der Waals surface area contributed by atoms with Crippen molar-refractivity contribution in [1.29, 1.82) is 0 Å². The average molecular weight is 375 g/mol. The SMILES string of the molecule is Cc1nc2cccc3c2nc1NC(CO)C=CCC1CNC(=O)c2cc-3[nH]c21. The molecule has 142 valence electrons. The first-order valence-corrected chi connectivity index (χ1v) is 9.47. The van der Waals surface area contributed by atoms with Gasteiger partial charge >= 0.3 is 0 Å². The molecule has 4 N–H and O–H groups in total. The van der Waals surface area contributed by atoms with Crippen LogP contribution in [0.15, 0.2) is 36.4 Å². The van der Waals surface area contributed by atoms with Crippen LogP contribution >= 0.6 is 0 Å². The number of amides is 1. The van der Waals surface area contributed by atoms with Crippen LogP contribution < -0.4 is 10.6 Å². The van der Waals surface area contributed by atoms with Gasteiger partial charge in [-0.2, -0.15) is 0 Å². The van der Waals surface area contributed by atoms with Crippen LogP contribution in [0.25, 0.3) is 22.3 Å². The molecule has 4 heterocycles. The summed E-state index contributed by atoms with van der Waals surface area (Å²) in [6.07, 6.45) is 4.76. The predicted octanol–water partition coefficient (Wildman–Crippen LogP) is 2.49. The zero-order valence-electron chi connectivity index (χ0n) is 15.5. The number of H-pyrrole nitrogens is 1. The van der Waals surface area contributed by atoms with E-state index in [9.17, 15) is 9.90 Å². The summed E-state index contributed by atoms with van der Waals surface area (Å²) in [4.78, 5) is 25.4. The van der Waals surface area contributed by atoms with Gasteiger partial charge in [-0.05, 0) is 25.5 Å². The standard InChI is InChI=1S/C21H21N5O2/c1-11-20-24-13(10-27)5-2-4-12-9-22-21(28)15-8-17(25-18(12)15)14-6-3-7-16(23-11)19(14)26-20/h2-3,5-8,12-13,25,27H,4,9-10H2,1H3,(H,22,28)(H,24,26). The van der Waals surface area contributed by atoms with E-state index in [4.69, 9.17) is 9.97 Å². The first-order valence-electron chi connectivity index (χ1n) is 9.47. The van der Waals surface area contributed by atoms with Crippen LogP contribution in [-0.4, -0.2) is 45.2 Å². The molecule has 7 heteroatoms. The minimum absolute atomic E-state index is 0.0456. The van der Waals surface area contributed by atoms with Crippen molar-refractivity contribution in [1.82, 2.24) is 20.3 Å². The minimum atomic E-state index is -0.255. The second-order valence-corrected chi connectivity index (χ2v) is 7.35. The number of hydrogen-bond acceptors (Lipinski definition) is 5.